The van der Waals surface area contributed by atoms with Gasteiger partial charge in [0.25, 0.3) is 5.91 Å². The van der Waals surface area contributed by atoms with E-state index in [1.165, 1.54) is 11.3 Å². The first-order valence-electron chi connectivity index (χ1n) is 7.69. The number of carbonyl (C=O) groups excluding carboxylic acids is 1. The molecule has 0 radical (unpaired) electrons. The van der Waals surface area contributed by atoms with E-state index in [1.807, 2.05) is 35.2 Å². The highest BCUT2D eigenvalue weighted by Crippen LogP contribution is 2.40. The molecule has 1 aliphatic heterocycles. The van der Waals surface area contributed by atoms with Gasteiger partial charge in [-0.25, -0.2) is 0 Å². The lowest BCUT2D eigenvalue weighted by atomic mass is 10.0. The summed E-state index contributed by atoms with van der Waals surface area (Å²) >= 11 is 1.42. The second kappa shape index (κ2) is 5.72. The number of likely N-dealkylation sites (tertiary alicyclic amines) is 1. The molecule has 0 spiro atoms. The second-order valence-electron chi connectivity index (χ2n) is 6.12. The first kappa shape index (κ1) is 13.8. The van der Waals surface area contributed by atoms with Gasteiger partial charge in [-0.1, -0.05) is 18.2 Å². The molecule has 0 N–H and O–H groups in total. The SMILES string of the molecule is O=C(c1cncs1)N1C[C@H]2CC(Oc3ccccc3)C[C@H]2C1. The summed E-state index contributed by atoms with van der Waals surface area (Å²) in [6, 6.07) is 10.0. The fourth-order valence-electron chi connectivity index (χ4n) is 3.68. The van der Waals surface area contributed by atoms with E-state index in [0.29, 0.717) is 11.8 Å². The lowest BCUT2D eigenvalue weighted by Gasteiger charge is -2.19. The number of nitrogens with zero attached hydrogens (tertiary/aromatic N) is 2. The molecule has 2 heterocycles. The van der Waals surface area contributed by atoms with Crippen LogP contribution in [0.15, 0.2) is 42.0 Å². The Kier molecular flexibility index (Phi) is 3.58. The predicted octanol–water partition coefficient (Wildman–Crippen LogP) is 3.07. The van der Waals surface area contributed by atoms with Crippen LogP contribution in [0.1, 0.15) is 22.5 Å². The van der Waals surface area contributed by atoms with E-state index in [1.54, 1.807) is 11.7 Å². The van der Waals surface area contributed by atoms with Gasteiger partial charge in [-0.05, 0) is 36.8 Å². The van der Waals surface area contributed by atoms with Crippen LogP contribution in [-0.2, 0) is 0 Å². The van der Waals surface area contributed by atoms with Crippen LogP contribution < -0.4 is 4.74 Å². The van der Waals surface area contributed by atoms with E-state index in [2.05, 4.69) is 4.98 Å². The molecular formula is C17H18N2O2S. The molecule has 2 aromatic rings. The fraction of sp³-hybridized carbons (Fsp3) is 0.412. The minimum absolute atomic E-state index is 0.137. The minimum atomic E-state index is 0.137. The van der Waals surface area contributed by atoms with Crippen LogP contribution >= 0.6 is 11.3 Å². The van der Waals surface area contributed by atoms with Crippen molar-refractivity contribution in [2.45, 2.75) is 18.9 Å². The molecular weight excluding hydrogens is 296 g/mol. The maximum absolute atomic E-state index is 12.4. The smallest absolute Gasteiger partial charge is 0.265 e. The standard InChI is InChI=1S/C17H18N2O2S/c20-17(16-8-18-11-22-16)19-9-12-6-15(7-13(12)10-19)21-14-4-2-1-3-5-14/h1-5,8,11-13,15H,6-7,9-10H2/t12-,13+,15?. The van der Waals surface area contributed by atoms with Crippen LogP contribution in [0.5, 0.6) is 5.75 Å². The summed E-state index contributed by atoms with van der Waals surface area (Å²) in [6.45, 7) is 1.71. The number of carbonyl (C=O) groups is 1. The number of fused-ring (bicyclic) bond motifs is 1. The number of ether oxygens (including phenoxy) is 1. The number of hydrogen-bond donors (Lipinski definition) is 0. The number of benzene rings is 1. The van der Waals surface area contributed by atoms with E-state index < -0.39 is 0 Å². The maximum atomic E-state index is 12.4. The highest BCUT2D eigenvalue weighted by atomic mass is 32.1. The molecule has 2 fully saturated rings. The van der Waals surface area contributed by atoms with E-state index in [4.69, 9.17) is 4.74 Å². The molecule has 2 aliphatic rings. The summed E-state index contributed by atoms with van der Waals surface area (Å²) in [4.78, 5) is 19.1. The van der Waals surface area contributed by atoms with Crippen molar-refractivity contribution in [1.29, 1.82) is 0 Å². The highest BCUT2D eigenvalue weighted by molar-refractivity contribution is 7.11. The Labute approximate surface area is 133 Å². The van der Waals surface area contributed by atoms with Gasteiger partial charge in [-0.3, -0.25) is 9.78 Å². The Bertz CT molecular complexity index is 630. The summed E-state index contributed by atoms with van der Waals surface area (Å²) < 4.78 is 6.07. The number of rotatable bonds is 3. The van der Waals surface area contributed by atoms with E-state index in [0.717, 1.165) is 36.6 Å². The highest BCUT2D eigenvalue weighted by Gasteiger charge is 2.43. The summed E-state index contributed by atoms with van der Waals surface area (Å²) in [5, 5.41) is 0. The van der Waals surface area contributed by atoms with Gasteiger partial charge in [0.05, 0.1) is 17.8 Å². The van der Waals surface area contributed by atoms with Crippen molar-refractivity contribution >= 4 is 17.2 Å². The fourth-order valence-corrected chi connectivity index (χ4v) is 4.26. The topological polar surface area (TPSA) is 42.4 Å². The van der Waals surface area contributed by atoms with Crippen molar-refractivity contribution < 1.29 is 9.53 Å². The van der Waals surface area contributed by atoms with Gasteiger partial charge in [0.1, 0.15) is 10.6 Å². The Hall–Kier alpha value is -1.88. The Morgan fingerprint density at radius 2 is 1.91 bits per heavy atom. The molecule has 1 saturated carbocycles. The van der Waals surface area contributed by atoms with Crippen molar-refractivity contribution in [3.8, 4) is 5.75 Å². The normalized spacial score (nSPS) is 26.9. The molecule has 22 heavy (non-hydrogen) atoms. The van der Waals surface area contributed by atoms with Crippen LogP contribution in [0.3, 0.4) is 0 Å². The van der Waals surface area contributed by atoms with Gasteiger partial charge in [0.15, 0.2) is 0 Å². The van der Waals surface area contributed by atoms with Crippen LogP contribution in [-0.4, -0.2) is 35.0 Å². The average molecular weight is 314 g/mol. The Morgan fingerprint density at radius 1 is 1.18 bits per heavy atom. The maximum Gasteiger partial charge on any atom is 0.265 e. The lowest BCUT2D eigenvalue weighted by molar-refractivity contribution is 0.0774. The molecule has 114 valence electrons. The third-order valence-corrected chi connectivity index (χ3v) is 5.45. The van der Waals surface area contributed by atoms with Gasteiger partial charge >= 0.3 is 0 Å². The predicted molar refractivity (Wildman–Crippen MR) is 85.1 cm³/mol. The molecule has 3 atom stereocenters. The summed E-state index contributed by atoms with van der Waals surface area (Å²) in [7, 11) is 0. The summed E-state index contributed by atoms with van der Waals surface area (Å²) in [5.41, 5.74) is 1.72. The average Bonchev–Trinajstić information content (AvgIpc) is 3.23. The minimum Gasteiger partial charge on any atom is -0.490 e. The first-order chi connectivity index (χ1) is 10.8. The number of aromatic nitrogens is 1. The van der Waals surface area contributed by atoms with Gasteiger partial charge < -0.3 is 9.64 Å². The first-order valence-corrected chi connectivity index (χ1v) is 8.57. The van der Waals surface area contributed by atoms with Crippen molar-refractivity contribution in [2.24, 2.45) is 11.8 Å². The van der Waals surface area contributed by atoms with E-state index >= 15 is 0 Å². The molecule has 4 nitrogen and oxygen atoms in total. The summed E-state index contributed by atoms with van der Waals surface area (Å²) in [6.07, 6.45) is 4.05. The molecule has 1 aromatic carbocycles. The number of hydrogen-bond acceptors (Lipinski definition) is 4. The molecule has 1 unspecified atom stereocenters. The number of thiazole rings is 1. The van der Waals surface area contributed by atoms with Crippen molar-refractivity contribution in [3.63, 3.8) is 0 Å². The third kappa shape index (κ3) is 2.61. The van der Waals surface area contributed by atoms with Gasteiger partial charge in [-0.15, -0.1) is 11.3 Å². The molecule has 1 amide bonds. The van der Waals surface area contributed by atoms with Crippen LogP contribution in [0.25, 0.3) is 0 Å². The quantitative estimate of drug-likeness (QED) is 0.874. The van der Waals surface area contributed by atoms with Crippen LogP contribution in [0, 0.1) is 11.8 Å². The van der Waals surface area contributed by atoms with Crippen molar-refractivity contribution in [3.05, 3.63) is 46.9 Å². The van der Waals surface area contributed by atoms with E-state index in [9.17, 15) is 4.79 Å². The molecule has 5 heteroatoms. The van der Waals surface area contributed by atoms with Crippen LogP contribution in [0.2, 0.25) is 0 Å². The monoisotopic (exact) mass is 314 g/mol. The summed E-state index contributed by atoms with van der Waals surface area (Å²) in [5.74, 6) is 2.23. The Morgan fingerprint density at radius 3 is 2.55 bits per heavy atom. The zero-order chi connectivity index (χ0) is 14.9. The molecule has 1 aliphatic carbocycles. The number of para-hydroxylation sites is 1. The van der Waals surface area contributed by atoms with Crippen LogP contribution in [0.4, 0.5) is 0 Å². The molecule has 0 bridgehead atoms. The van der Waals surface area contributed by atoms with Gasteiger partial charge in [0.2, 0.25) is 0 Å². The molecule has 4 rings (SSSR count). The van der Waals surface area contributed by atoms with Crippen molar-refractivity contribution in [2.75, 3.05) is 13.1 Å². The zero-order valence-electron chi connectivity index (χ0n) is 12.2. The zero-order valence-corrected chi connectivity index (χ0v) is 13.0. The molecule has 1 aromatic heterocycles. The van der Waals surface area contributed by atoms with Crippen molar-refractivity contribution in [1.82, 2.24) is 9.88 Å². The Balaban J connectivity index is 1.36. The van der Waals surface area contributed by atoms with E-state index in [-0.39, 0.29) is 12.0 Å². The largest absolute Gasteiger partial charge is 0.490 e. The molecule has 1 saturated heterocycles. The third-order valence-electron chi connectivity index (χ3n) is 4.68. The second-order valence-corrected chi connectivity index (χ2v) is 7.01. The number of amides is 1. The van der Waals surface area contributed by atoms with Gasteiger partial charge in [0, 0.05) is 13.1 Å². The lowest BCUT2D eigenvalue weighted by Crippen LogP contribution is -2.30. The van der Waals surface area contributed by atoms with Gasteiger partial charge in [-0.2, -0.15) is 0 Å².